The second-order valence-electron chi connectivity index (χ2n) is 1.24. The number of nitrogens with one attached hydrogen (secondary N) is 1. The van der Waals surface area contributed by atoms with Crippen LogP contribution in [0.1, 0.15) is 0 Å². The Balaban J connectivity index is 0.000000640. The molecule has 1 aromatic rings. The van der Waals surface area contributed by atoms with Crippen LogP contribution in [0.4, 0.5) is 0 Å². The number of hydrogen-bond donors (Lipinski definition) is 1. The van der Waals surface area contributed by atoms with Gasteiger partial charge in [0.2, 0.25) is 0 Å². The van der Waals surface area contributed by atoms with E-state index in [9.17, 15) is 4.79 Å². The lowest BCUT2D eigenvalue weighted by Gasteiger charge is -1.81. The molecule has 9 heavy (non-hydrogen) atoms. The van der Waals surface area contributed by atoms with Crippen LogP contribution in [0.2, 0.25) is 0 Å². The van der Waals surface area contributed by atoms with Crippen LogP contribution in [0.25, 0.3) is 0 Å². The van der Waals surface area contributed by atoms with Gasteiger partial charge < -0.3 is 4.98 Å². The Hall–Kier alpha value is -0.350. The molecule has 3 nitrogen and oxygen atoms in total. The molecular weight excluding hydrogens is 209 g/mol. The Bertz CT molecular complexity index is 216. The third-order valence-corrected chi connectivity index (χ3v) is 1.07. The molecule has 1 aromatic heterocycles. The molecular formula is C4H4BrClN2O. The molecule has 0 saturated heterocycles. The van der Waals surface area contributed by atoms with Gasteiger partial charge in [0.15, 0.2) is 0 Å². The van der Waals surface area contributed by atoms with Crippen molar-refractivity contribution in [2.75, 3.05) is 0 Å². The molecule has 0 aliphatic rings. The van der Waals surface area contributed by atoms with Crippen molar-refractivity contribution < 1.29 is 0 Å². The standard InChI is InChI=1S/C4H3BrN2O.ClH/c5-3-1-6-4(8)7-2-3;/h1-2H,(H,6,7,8);1H/i4+2;. The highest BCUT2D eigenvalue weighted by molar-refractivity contribution is 9.10. The molecule has 0 unspecified atom stereocenters. The Morgan fingerprint density at radius 3 is 2.78 bits per heavy atom. The van der Waals surface area contributed by atoms with E-state index in [4.69, 9.17) is 0 Å². The Morgan fingerprint density at radius 1 is 1.78 bits per heavy atom. The summed E-state index contributed by atoms with van der Waals surface area (Å²) in [6, 6.07) is 0. The van der Waals surface area contributed by atoms with Crippen LogP contribution in [-0.2, 0) is 0 Å². The smallest absolute Gasteiger partial charge is 0.312 e. The van der Waals surface area contributed by atoms with Crippen molar-refractivity contribution in [1.82, 2.24) is 9.97 Å². The van der Waals surface area contributed by atoms with Crippen molar-refractivity contribution >= 4 is 28.3 Å². The van der Waals surface area contributed by atoms with Crippen LogP contribution in [0.3, 0.4) is 0 Å². The number of aromatic nitrogens is 2. The molecule has 0 aliphatic carbocycles. The normalized spacial score (nSPS) is 8.11. The van der Waals surface area contributed by atoms with E-state index in [1.54, 1.807) is 0 Å². The summed E-state index contributed by atoms with van der Waals surface area (Å²) >= 11 is 3.11. The largest absolute Gasteiger partial charge is 0.344 e. The molecule has 0 radical (unpaired) electrons. The molecule has 0 atom stereocenters. The molecule has 5 heteroatoms. The average Bonchev–Trinajstić information content (AvgIpc) is 1.77. The average molecular weight is 213 g/mol. The van der Waals surface area contributed by atoms with Crippen molar-refractivity contribution in [2.45, 2.75) is 0 Å². The lowest BCUT2D eigenvalue weighted by Crippen LogP contribution is -2.06. The van der Waals surface area contributed by atoms with Gasteiger partial charge in [0.1, 0.15) is 0 Å². The maximum absolute atomic E-state index is 10.2. The number of aromatic amines is 1. The Morgan fingerprint density at radius 2 is 2.44 bits per heavy atom. The number of nitrogens with zero attached hydrogens (tertiary/aromatic N) is 1. The quantitative estimate of drug-likeness (QED) is 0.697. The summed E-state index contributed by atoms with van der Waals surface area (Å²) < 4.78 is 0.775. The molecule has 0 bridgehead atoms. The summed E-state index contributed by atoms with van der Waals surface area (Å²) in [6.07, 6.45) is 2.98. The van der Waals surface area contributed by atoms with E-state index in [1.807, 2.05) is 0 Å². The van der Waals surface area contributed by atoms with E-state index < -0.39 is 0 Å². The first-order valence-electron chi connectivity index (χ1n) is 1.99. The van der Waals surface area contributed by atoms with Gasteiger partial charge in [-0.3, -0.25) is 0 Å². The lowest BCUT2D eigenvalue weighted by atomic mass is 10.7. The van der Waals surface area contributed by atoms with Gasteiger partial charge in [-0.15, -0.1) is 12.4 Å². The minimum Gasteiger partial charge on any atom is -0.312 e. The van der Waals surface area contributed by atoms with Crippen molar-refractivity contribution in [1.29, 1.82) is 0 Å². The van der Waals surface area contributed by atoms with Gasteiger partial charge in [-0.2, -0.15) is 0 Å². The first-order valence-corrected chi connectivity index (χ1v) is 2.78. The van der Waals surface area contributed by atoms with E-state index in [0.29, 0.717) is 0 Å². The highest BCUT2D eigenvalue weighted by atomic mass is 79.9. The summed E-state index contributed by atoms with van der Waals surface area (Å²) in [4.78, 5) is 16.0. The zero-order valence-corrected chi connectivity index (χ0v) is 6.70. The van der Waals surface area contributed by atoms with Gasteiger partial charge in [0, 0.05) is 12.4 Å². The molecule has 1 heterocycles. The number of rotatable bonds is 0. The Kier molecular flexibility index (Phi) is 3.49. The molecule has 1 rings (SSSR count). The summed E-state index contributed by atoms with van der Waals surface area (Å²) in [6.45, 7) is 0. The van der Waals surface area contributed by atoms with Gasteiger partial charge in [0.25, 0.3) is 0 Å². The third kappa shape index (κ3) is 2.62. The van der Waals surface area contributed by atoms with Crippen LogP contribution in [0, 0.1) is 0 Å². The van der Waals surface area contributed by atoms with Crippen molar-refractivity contribution in [3.8, 4) is 0 Å². The summed E-state index contributed by atoms with van der Waals surface area (Å²) in [5.74, 6) is 0. The van der Waals surface area contributed by atoms with E-state index in [2.05, 4.69) is 25.9 Å². The highest BCUT2D eigenvalue weighted by Crippen LogP contribution is 1.99. The molecule has 0 spiro atoms. The van der Waals surface area contributed by atoms with Crippen LogP contribution in [0.5, 0.6) is 0 Å². The zero-order chi connectivity index (χ0) is 5.98. The maximum atomic E-state index is 10.2. The lowest BCUT2D eigenvalue weighted by molar-refractivity contribution is 1.06. The highest BCUT2D eigenvalue weighted by Gasteiger charge is 1.82. The molecule has 0 aromatic carbocycles. The summed E-state index contributed by atoms with van der Waals surface area (Å²) in [5.41, 5.74) is -0.326. The van der Waals surface area contributed by atoms with Crippen LogP contribution >= 0.6 is 28.3 Å². The van der Waals surface area contributed by atoms with E-state index >= 15 is 0 Å². The van der Waals surface area contributed by atoms with Gasteiger partial charge in [-0.25, -0.2) is 9.78 Å². The summed E-state index contributed by atoms with van der Waals surface area (Å²) in [5, 5.41) is 0. The molecule has 0 aliphatic heterocycles. The molecule has 0 amide bonds. The molecule has 0 saturated carbocycles. The maximum Gasteiger partial charge on any atom is 0.344 e. The number of hydrogen-bond acceptors (Lipinski definition) is 2. The minimum atomic E-state index is -0.326. The zero-order valence-electron chi connectivity index (χ0n) is 4.30. The van der Waals surface area contributed by atoms with Gasteiger partial charge in [0.05, 0.1) is 4.47 Å². The Labute approximate surface area is 66.1 Å². The van der Waals surface area contributed by atoms with Crippen LogP contribution < -0.4 is 5.69 Å². The second-order valence-corrected chi connectivity index (χ2v) is 2.15. The molecule has 50 valence electrons. The second kappa shape index (κ2) is 3.63. The van der Waals surface area contributed by atoms with Gasteiger partial charge in [-0.1, -0.05) is 0 Å². The first-order chi connectivity index (χ1) is 3.79. The van der Waals surface area contributed by atoms with Crippen molar-refractivity contribution in [2.24, 2.45) is 0 Å². The monoisotopic (exact) mass is 212 g/mol. The molecule has 1 N–H and O–H groups in total. The topological polar surface area (TPSA) is 45.8 Å². The summed E-state index contributed by atoms with van der Waals surface area (Å²) in [7, 11) is 0. The van der Waals surface area contributed by atoms with E-state index in [-0.39, 0.29) is 18.1 Å². The van der Waals surface area contributed by atoms with Crippen LogP contribution in [0.15, 0.2) is 21.7 Å². The van der Waals surface area contributed by atoms with E-state index in [0.717, 1.165) is 4.47 Å². The number of halogens is 2. The SMILES string of the molecule is Cl.O=[14c]1ncc(Br)c[nH]1. The van der Waals surface area contributed by atoms with Crippen molar-refractivity contribution in [3.63, 3.8) is 0 Å². The fourth-order valence-corrected chi connectivity index (χ4v) is 0.542. The number of H-pyrrole nitrogens is 1. The predicted octanol–water partition coefficient (Wildman–Crippen LogP) is 0.954. The van der Waals surface area contributed by atoms with E-state index in [1.165, 1.54) is 12.4 Å². The minimum absolute atomic E-state index is 0. The first kappa shape index (κ1) is 8.65. The fraction of sp³-hybridized carbons (Fsp3) is 0. The molecule has 0 fully saturated rings. The van der Waals surface area contributed by atoms with Gasteiger partial charge >= 0.3 is 5.69 Å². The predicted molar refractivity (Wildman–Crippen MR) is 39.8 cm³/mol. The fourth-order valence-electron chi connectivity index (χ4n) is 0.326. The van der Waals surface area contributed by atoms with Crippen molar-refractivity contribution in [3.05, 3.63) is 27.4 Å². The van der Waals surface area contributed by atoms with Gasteiger partial charge in [-0.05, 0) is 15.9 Å². The third-order valence-electron chi connectivity index (χ3n) is 0.639. The van der Waals surface area contributed by atoms with Crippen LogP contribution in [-0.4, -0.2) is 9.97 Å².